The van der Waals surface area contributed by atoms with Crippen LogP contribution in [0.1, 0.15) is 5.56 Å². The molecule has 0 aromatic heterocycles. The summed E-state index contributed by atoms with van der Waals surface area (Å²) in [4.78, 5) is 0. The van der Waals surface area contributed by atoms with E-state index in [-0.39, 0.29) is 12.4 Å². The lowest BCUT2D eigenvalue weighted by atomic mass is 9.79. The molecule has 1 aromatic rings. The van der Waals surface area contributed by atoms with E-state index in [0.717, 1.165) is 16.7 Å². The van der Waals surface area contributed by atoms with Crippen LogP contribution in [0.2, 0.25) is 0 Å². The van der Waals surface area contributed by atoms with Crippen molar-refractivity contribution in [2.24, 2.45) is 0 Å². The third-order valence-electron chi connectivity index (χ3n) is 2.10. The van der Waals surface area contributed by atoms with Gasteiger partial charge in [0.2, 0.25) is 0 Å². The van der Waals surface area contributed by atoms with Crippen molar-refractivity contribution in [3.05, 3.63) is 23.8 Å². The zero-order valence-corrected chi connectivity index (χ0v) is 8.10. The minimum atomic E-state index is -0.742. The molecule has 5 heteroatoms. The van der Waals surface area contributed by atoms with Crippen molar-refractivity contribution in [3.8, 4) is 0 Å². The van der Waals surface area contributed by atoms with E-state index >= 15 is 0 Å². The van der Waals surface area contributed by atoms with Gasteiger partial charge in [-0.05, 0) is 23.2 Å². The first-order valence-corrected chi connectivity index (χ1v) is 3.91. The Balaban J connectivity index is 0.000000845. The van der Waals surface area contributed by atoms with Crippen LogP contribution in [0.4, 0.5) is 5.69 Å². The topological polar surface area (TPSA) is 41.5 Å². The molecule has 1 aliphatic rings. The van der Waals surface area contributed by atoms with E-state index in [0.29, 0.717) is 6.61 Å². The Morgan fingerprint density at radius 1 is 1.54 bits per heavy atom. The Morgan fingerprint density at radius 3 is 3.00 bits per heavy atom. The largest absolute Gasteiger partial charge is 0.491 e. The molecule has 0 amide bonds. The summed E-state index contributed by atoms with van der Waals surface area (Å²) in [5.74, 6) is 0. The van der Waals surface area contributed by atoms with Gasteiger partial charge in [-0.1, -0.05) is 6.07 Å². The predicted octanol–water partition coefficient (Wildman–Crippen LogP) is 0.368. The van der Waals surface area contributed by atoms with E-state index in [2.05, 4.69) is 5.32 Å². The number of halogens is 1. The van der Waals surface area contributed by atoms with E-state index in [1.165, 1.54) is 0 Å². The van der Waals surface area contributed by atoms with Crippen molar-refractivity contribution in [1.82, 2.24) is 0 Å². The first kappa shape index (κ1) is 10.4. The van der Waals surface area contributed by atoms with Crippen LogP contribution < -0.4 is 10.8 Å². The Morgan fingerprint density at radius 2 is 2.31 bits per heavy atom. The number of hydrogen-bond acceptors (Lipinski definition) is 3. The lowest BCUT2D eigenvalue weighted by molar-refractivity contribution is 0.275. The summed E-state index contributed by atoms with van der Waals surface area (Å²) in [6.45, 7) is 0.514. The fraction of sp³-hybridized carbons (Fsp3) is 0.250. The van der Waals surface area contributed by atoms with Crippen LogP contribution >= 0.6 is 12.4 Å². The van der Waals surface area contributed by atoms with Gasteiger partial charge in [0.05, 0.1) is 6.61 Å². The number of benzene rings is 1. The van der Waals surface area contributed by atoms with E-state index in [4.69, 9.17) is 4.65 Å². The molecule has 2 rings (SSSR count). The number of anilines is 1. The van der Waals surface area contributed by atoms with Gasteiger partial charge < -0.3 is 15.0 Å². The monoisotopic (exact) mass is 199 g/mol. The van der Waals surface area contributed by atoms with Gasteiger partial charge >= 0.3 is 7.12 Å². The van der Waals surface area contributed by atoms with Gasteiger partial charge in [0.1, 0.15) is 0 Å². The van der Waals surface area contributed by atoms with Gasteiger partial charge in [-0.15, -0.1) is 12.4 Å². The van der Waals surface area contributed by atoms with Gasteiger partial charge in [-0.25, -0.2) is 0 Å². The summed E-state index contributed by atoms with van der Waals surface area (Å²) in [7, 11) is 1.11. The van der Waals surface area contributed by atoms with E-state index < -0.39 is 7.12 Å². The molecule has 0 radical (unpaired) electrons. The second kappa shape index (κ2) is 4.00. The molecular formula is C8H11BClNO2. The summed E-state index contributed by atoms with van der Waals surface area (Å²) < 4.78 is 5.05. The number of rotatable bonds is 1. The Kier molecular flexibility index (Phi) is 3.19. The van der Waals surface area contributed by atoms with Crippen LogP contribution in [0.3, 0.4) is 0 Å². The Hall–Kier alpha value is -0.705. The second-order valence-electron chi connectivity index (χ2n) is 2.83. The minimum absolute atomic E-state index is 0. The van der Waals surface area contributed by atoms with Crippen LogP contribution in [0.25, 0.3) is 0 Å². The van der Waals surface area contributed by atoms with Gasteiger partial charge in [-0.2, -0.15) is 0 Å². The molecule has 2 N–H and O–H groups in total. The SMILES string of the molecule is CNc1ccc2c(c1)B(O)OC2.Cl. The molecule has 0 fully saturated rings. The molecule has 0 aliphatic carbocycles. The number of hydrogen-bond donors (Lipinski definition) is 2. The molecular weight excluding hydrogens is 188 g/mol. The van der Waals surface area contributed by atoms with Crippen LogP contribution in [-0.4, -0.2) is 19.2 Å². The first-order valence-electron chi connectivity index (χ1n) is 3.91. The van der Waals surface area contributed by atoms with Crippen molar-refractivity contribution in [3.63, 3.8) is 0 Å². The lowest BCUT2D eigenvalue weighted by Gasteiger charge is -2.02. The van der Waals surface area contributed by atoms with Gasteiger partial charge in [0.15, 0.2) is 0 Å². The minimum Gasteiger partial charge on any atom is -0.423 e. The molecule has 0 unspecified atom stereocenters. The molecule has 13 heavy (non-hydrogen) atoms. The van der Waals surface area contributed by atoms with Gasteiger partial charge in [-0.3, -0.25) is 0 Å². The predicted molar refractivity (Wildman–Crippen MR) is 55.6 cm³/mol. The highest BCUT2D eigenvalue weighted by Gasteiger charge is 2.26. The maximum atomic E-state index is 9.35. The fourth-order valence-electron chi connectivity index (χ4n) is 1.37. The van der Waals surface area contributed by atoms with Crippen molar-refractivity contribution < 1.29 is 9.68 Å². The molecule has 70 valence electrons. The first-order chi connectivity index (χ1) is 5.81. The lowest BCUT2D eigenvalue weighted by Crippen LogP contribution is -2.28. The zero-order valence-electron chi connectivity index (χ0n) is 7.28. The quantitative estimate of drug-likeness (QED) is 0.642. The Labute approximate surface area is 83.7 Å². The normalized spacial score (nSPS) is 13.5. The highest BCUT2D eigenvalue weighted by atomic mass is 35.5. The molecule has 1 aromatic carbocycles. The standard InChI is InChI=1S/C8H10BNO2.ClH/c1-10-7-3-2-6-5-12-9(11)8(6)4-7;/h2-4,10-11H,5H2,1H3;1H. The van der Waals surface area contributed by atoms with Crippen molar-refractivity contribution >= 4 is 30.7 Å². The van der Waals surface area contributed by atoms with Crippen LogP contribution in [0, 0.1) is 0 Å². The maximum Gasteiger partial charge on any atom is 0.491 e. The fourth-order valence-corrected chi connectivity index (χ4v) is 1.37. The summed E-state index contributed by atoms with van der Waals surface area (Å²) >= 11 is 0. The smallest absolute Gasteiger partial charge is 0.423 e. The van der Waals surface area contributed by atoms with Gasteiger partial charge in [0, 0.05) is 12.7 Å². The molecule has 3 nitrogen and oxygen atoms in total. The average Bonchev–Trinajstić information content (AvgIpc) is 2.47. The molecule has 0 saturated heterocycles. The third-order valence-corrected chi connectivity index (χ3v) is 2.10. The molecule has 0 spiro atoms. The second-order valence-corrected chi connectivity index (χ2v) is 2.83. The van der Waals surface area contributed by atoms with Crippen LogP contribution in [0.15, 0.2) is 18.2 Å². The van der Waals surface area contributed by atoms with Crippen molar-refractivity contribution in [2.45, 2.75) is 6.61 Å². The summed E-state index contributed by atoms with van der Waals surface area (Å²) in [5, 5.41) is 12.4. The summed E-state index contributed by atoms with van der Waals surface area (Å²) in [6.07, 6.45) is 0. The van der Waals surface area contributed by atoms with Crippen LogP contribution in [-0.2, 0) is 11.3 Å². The third kappa shape index (κ3) is 1.80. The zero-order chi connectivity index (χ0) is 8.55. The molecule has 0 saturated carbocycles. The molecule has 1 heterocycles. The van der Waals surface area contributed by atoms with Gasteiger partial charge in [0.25, 0.3) is 0 Å². The summed E-state index contributed by atoms with van der Waals surface area (Å²) in [5.41, 5.74) is 2.95. The highest BCUT2D eigenvalue weighted by molar-refractivity contribution is 6.61. The van der Waals surface area contributed by atoms with Crippen molar-refractivity contribution in [2.75, 3.05) is 12.4 Å². The number of nitrogens with one attached hydrogen (secondary N) is 1. The van der Waals surface area contributed by atoms with E-state index in [9.17, 15) is 5.02 Å². The van der Waals surface area contributed by atoms with Crippen molar-refractivity contribution in [1.29, 1.82) is 0 Å². The molecule has 1 aliphatic heterocycles. The molecule has 0 atom stereocenters. The van der Waals surface area contributed by atoms with E-state index in [1.54, 1.807) is 0 Å². The molecule has 0 bridgehead atoms. The van der Waals surface area contributed by atoms with E-state index in [1.807, 2.05) is 25.2 Å². The van der Waals surface area contributed by atoms with Crippen LogP contribution in [0.5, 0.6) is 0 Å². The Bertz CT molecular complexity index is 308. The highest BCUT2D eigenvalue weighted by Crippen LogP contribution is 2.13. The maximum absolute atomic E-state index is 9.35. The number of fused-ring (bicyclic) bond motifs is 1. The average molecular weight is 199 g/mol. The summed E-state index contributed by atoms with van der Waals surface area (Å²) in [6, 6.07) is 5.85.